The molecule has 0 spiro atoms. The second-order valence-electron chi connectivity index (χ2n) is 7.02. The molecule has 1 N–H and O–H groups in total. The Morgan fingerprint density at radius 3 is 2.57 bits per heavy atom. The molecule has 0 saturated carbocycles. The van der Waals surface area contributed by atoms with E-state index >= 15 is 0 Å². The van der Waals surface area contributed by atoms with Crippen LogP contribution in [-0.2, 0) is 4.74 Å². The minimum atomic E-state index is -0.0472. The summed E-state index contributed by atoms with van der Waals surface area (Å²) in [6, 6.07) is 13.3. The lowest BCUT2D eigenvalue weighted by Crippen LogP contribution is -2.49. The molecule has 0 bridgehead atoms. The Kier molecular flexibility index (Phi) is 6.75. The third-order valence-electron chi connectivity index (χ3n) is 5.10. The number of hydrogen-bond donors (Lipinski definition) is 1. The molecule has 6 nitrogen and oxygen atoms in total. The highest BCUT2D eigenvalue weighted by molar-refractivity contribution is 7.82. The average Bonchev–Trinajstić information content (AvgIpc) is 3.20. The highest BCUT2D eigenvalue weighted by Gasteiger charge is 2.32. The minimum Gasteiger partial charge on any atom is -0.497 e. The average molecular weight is 465 g/mol. The molecule has 1 fully saturated rings. The van der Waals surface area contributed by atoms with Gasteiger partial charge in [0, 0.05) is 24.5 Å². The van der Waals surface area contributed by atoms with E-state index in [9.17, 15) is 0 Å². The molecular formula is C21H22Cl2N4O2S. The maximum absolute atomic E-state index is 6.51. The van der Waals surface area contributed by atoms with Gasteiger partial charge < -0.3 is 14.9 Å². The lowest BCUT2D eigenvalue weighted by Gasteiger charge is -2.27. The number of hydrogen-bond acceptors (Lipinski definition) is 6. The predicted octanol–water partition coefficient (Wildman–Crippen LogP) is 4.47. The summed E-state index contributed by atoms with van der Waals surface area (Å²) in [5.41, 5.74) is 5.98. The number of rotatable bonds is 5. The first-order valence-corrected chi connectivity index (χ1v) is 10.8. The molecular weight excluding hydrogens is 443 g/mol. The summed E-state index contributed by atoms with van der Waals surface area (Å²) >= 11 is 18.3. The molecule has 2 heterocycles. The first-order valence-electron chi connectivity index (χ1n) is 9.64. The molecule has 2 aromatic rings. The summed E-state index contributed by atoms with van der Waals surface area (Å²) in [7, 11) is 1.65. The molecule has 0 radical (unpaired) electrons. The van der Waals surface area contributed by atoms with E-state index in [0.29, 0.717) is 34.7 Å². The van der Waals surface area contributed by atoms with E-state index in [4.69, 9.17) is 50.0 Å². The van der Waals surface area contributed by atoms with Crippen molar-refractivity contribution in [2.75, 3.05) is 38.4 Å². The number of benzene rings is 2. The zero-order chi connectivity index (χ0) is 21.1. The summed E-state index contributed by atoms with van der Waals surface area (Å²) in [5, 5.41) is 9.95. The number of morpholine rings is 1. The fourth-order valence-electron chi connectivity index (χ4n) is 3.51. The standard InChI is InChI=1S/C21H22Cl2N4O2S/c1-28-16-5-2-14(3-6-16)20-13-18(21(30)25-26-8-10-29-11-9-26)24-27(20)19-7-4-15(22)12-17(19)23/h2-7,12,20H,8-11,13H2,1H3,(H,25,30). The number of nitrogens with zero attached hydrogens (tertiary/aromatic N) is 3. The van der Waals surface area contributed by atoms with Crippen LogP contribution in [0.25, 0.3) is 0 Å². The second kappa shape index (κ2) is 9.49. The van der Waals surface area contributed by atoms with Crippen molar-refractivity contribution in [2.45, 2.75) is 12.5 Å². The van der Waals surface area contributed by atoms with Crippen molar-refractivity contribution in [3.63, 3.8) is 0 Å². The summed E-state index contributed by atoms with van der Waals surface area (Å²) in [4.78, 5) is 0.614. The quantitative estimate of drug-likeness (QED) is 0.658. The van der Waals surface area contributed by atoms with Crippen LogP contribution in [0, 0.1) is 0 Å². The van der Waals surface area contributed by atoms with Gasteiger partial charge in [-0.3, -0.25) is 5.01 Å². The van der Waals surface area contributed by atoms with Gasteiger partial charge in [0.25, 0.3) is 0 Å². The molecule has 1 unspecified atom stereocenters. The molecule has 2 aromatic carbocycles. The molecule has 4 rings (SSSR count). The van der Waals surface area contributed by atoms with Gasteiger partial charge in [-0.05, 0) is 35.9 Å². The SMILES string of the molecule is COc1ccc(C2CC(C(=S)NN3CCOCC3)=NN2c2ccc(Cl)cc2Cl)cc1. The van der Waals surface area contributed by atoms with Gasteiger partial charge in [0.05, 0.1) is 42.8 Å². The Labute approximate surface area is 191 Å². The summed E-state index contributed by atoms with van der Waals surface area (Å²) in [5.74, 6) is 0.804. The first-order chi connectivity index (χ1) is 14.5. The van der Waals surface area contributed by atoms with E-state index < -0.39 is 0 Å². The molecule has 158 valence electrons. The summed E-state index contributed by atoms with van der Waals surface area (Å²) in [6.45, 7) is 2.93. The van der Waals surface area contributed by atoms with Crippen LogP contribution in [0.1, 0.15) is 18.0 Å². The van der Waals surface area contributed by atoms with Gasteiger partial charge in [-0.2, -0.15) is 5.10 Å². The third kappa shape index (κ3) is 4.71. The lowest BCUT2D eigenvalue weighted by atomic mass is 10.0. The summed E-state index contributed by atoms with van der Waals surface area (Å²) in [6.07, 6.45) is 0.654. The third-order valence-corrected chi connectivity index (χ3v) is 5.97. The highest BCUT2D eigenvalue weighted by atomic mass is 35.5. The normalized spacial score (nSPS) is 19.5. The van der Waals surface area contributed by atoms with Crippen molar-refractivity contribution in [3.8, 4) is 5.75 Å². The maximum atomic E-state index is 6.51. The fraction of sp³-hybridized carbons (Fsp3) is 0.333. The van der Waals surface area contributed by atoms with Gasteiger partial charge in [-0.15, -0.1) is 0 Å². The predicted molar refractivity (Wildman–Crippen MR) is 125 cm³/mol. The van der Waals surface area contributed by atoms with E-state index in [2.05, 4.69) is 10.4 Å². The van der Waals surface area contributed by atoms with Crippen molar-refractivity contribution in [1.82, 2.24) is 10.4 Å². The van der Waals surface area contributed by atoms with Crippen molar-refractivity contribution >= 4 is 51.8 Å². The van der Waals surface area contributed by atoms with E-state index in [0.717, 1.165) is 35.8 Å². The zero-order valence-corrected chi connectivity index (χ0v) is 18.8. The molecule has 2 aliphatic heterocycles. The van der Waals surface area contributed by atoms with Gasteiger partial charge >= 0.3 is 0 Å². The number of halogens is 2. The molecule has 1 saturated heterocycles. The Hall–Kier alpha value is -1.90. The number of hydrazone groups is 1. The van der Waals surface area contributed by atoms with Crippen LogP contribution in [-0.4, -0.2) is 49.1 Å². The van der Waals surface area contributed by atoms with Crippen molar-refractivity contribution < 1.29 is 9.47 Å². The maximum Gasteiger partial charge on any atom is 0.137 e. The van der Waals surface area contributed by atoms with Crippen LogP contribution >= 0.6 is 35.4 Å². The highest BCUT2D eigenvalue weighted by Crippen LogP contribution is 2.40. The lowest BCUT2D eigenvalue weighted by molar-refractivity contribution is 0.0255. The van der Waals surface area contributed by atoms with E-state index in [1.807, 2.05) is 41.4 Å². The zero-order valence-electron chi connectivity index (χ0n) is 16.5. The molecule has 0 amide bonds. The molecule has 9 heteroatoms. The minimum absolute atomic E-state index is 0.0472. The Bertz CT molecular complexity index is 949. The van der Waals surface area contributed by atoms with Crippen LogP contribution in [0.3, 0.4) is 0 Å². The molecule has 30 heavy (non-hydrogen) atoms. The fourth-order valence-corrected chi connectivity index (χ4v) is 4.25. The summed E-state index contributed by atoms with van der Waals surface area (Å²) < 4.78 is 10.7. The van der Waals surface area contributed by atoms with Crippen molar-refractivity contribution in [1.29, 1.82) is 0 Å². The number of ether oxygens (including phenoxy) is 2. The topological polar surface area (TPSA) is 49.3 Å². The largest absolute Gasteiger partial charge is 0.497 e. The monoisotopic (exact) mass is 464 g/mol. The Morgan fingerprint density at radius 1 is 1.17 bits per heavy atom. The number of thiocarbonyl (C=S) groups is 1. The van der Waals surface area contributed by atoms with Crippen molar-refractivity contribution in [3.05, 3.63) is 58.1 Å². The van der Waals surface area contributed by atoms with Gasteiger partial charge in [0.2, 0.25) is 0 Å². The Balaban J connectivity index is 1.62. The van der Waals surface area contributed by atoms with Gasteiger partial charge in [0.1, 0.15) is 10.7 Å². The van der Waals surface area contributed by atoms with Crippen molar-refractivity contribution in [2.24, 2.45) is 5.10 Å². The first kappa shape index (κ1) is 21.3. The number of anilines is 1. The van der Waals surface area contributed by atoms with E-state index in [1.54, 1.807) is 13.2 Å². The number of nitrogens with one attached hydrogen (secondary N) is 1. The van der Waals surface area contributed by atoms with Gasteiger partial charge in [-0.25, -0.2) is 5.01 Å². The molecule has 2 aliphatic rings. The van der Waals surface area contributed by atoms with Crippen LogP contribution in [0.4, 0.5) is 5.69 Å². The number of hydrazine groups is 1. The van der Waals surface area contributed by atoms with Crippen LogP contribution in [0.2, 0.25) is 10.0 Å². The smallest absolute Gasteiger partial charge is 0.137 e. The molecule has 1 atom stereocenters. The second-order valence-corrected chi connectivity index (χ2v) is 8.27. The Morgan fingerprint density at radius 2 is 1.90 bits per heavy atom. The van der Waals surface area contributed by atoms with Gasteiger partial charge in [0.15, 0.2) is 0 Å². The van der Waals surface area contributed by atoms with E-state index in [-0.39, 0.29) is 6.04 Å². The van der Waals surface area contributed by atoms with Crippen LogP contribution in [0.5, 0.6) is 5.75 Å². The van der Waals surface area contributed by atoms with Crippen LogP contribution in [0.15, 0.2) is 47.6 Å². The number of methoxy groups -OCH3 is 1. The molecule has 0 aliphatic carbocycles. The van der Waals surface area contributed by atoms with E-state index in [1.165, 1.54) is 0 Å². The molecule has 0 aromatic heterocycles. The van der Waals surface area contributed by atoms with Crippen LogP contribution < -0.4 is 15.2 Å². The van der Waals surface area contributed by atoms with Gasteiger partial charge in [-0.1, -0.05) is 47.6 Å².